The Balaban J connectivity index is 1.68. The molecule has 20 heavy (non-hydrogen) atoms. The fraction of sp³-hybridized carbons (Fsp3) is 0.941. The summed E-state index contributed by atoms with van der Waals surface area (Å²) in [6, 6.07) is 0. The van der Waals surface area contributed by atoms with Crippen LogP contribution in [0.2, 0.25) is 0 Å². The Morgan fingerprint density at radius 3 is 2.00 bits per heavy atom. The quantitative estimate of drug-likeness (QED) is 0.685. The molecule has 0 amide bonds. The van der Waals surface area contributed by atoms with Crippen LogP contribution in [0.25, 0.3) is 0 Å². The van der Waals surface area contributed by atoms with Gasteiger partial charge in [-0.25, -0.2) is 4.79 Å². The number of hydrogen-bond acceptors (Lipinski definition) is 3. The molecule has 0 heterocycles. The largest absolute Gasteiger partial charge is 0.508 e. The zero-order valence-electron chi connectivity index (χ0n) is 13.1. The molecule has 116 valence electrons. The zero-order chi connectivity index (χ0) is 14.4. The number of carbonyl (C=O) groups is 1. The predicted octanol–water partition coefficient (Wildman–Crippen LogP) is 4.93. The maximum Gasteiger partial charge on any atom is 0.508 e. The van der Waals surface area contributed by atoms with Crippen LogP contribution in [-0.4, -0.2) is 19.4 Å². The van der Waals surface area contributed by atoms with Crippen LogP contribution in [0.15, 0.2) is 0 Å². The van der Waals surface area contributed by atoms with Crippen LogP contribution in [-0.2, 0) is 9.47 Å². The van der Waals surface area contributed by atoms with Gasteiger partial charge in [-0.1, -0.05) is 32.6 Å². The van der Waals surface area contributed by atoms with Crippen molar-refractivity contribution in [1.82, 2.24) is 0 Å². The Morgan fingerprint density at radius 1 is 0.950 bits per heavy atom. The van der Waals surface area contributed by atoms with Crippen molar-refractivity contribution in [1.29, 1.82) is 0 Å². The van der Waals surface area contributed by atoms with E-state index in [2.05, 4.69) is 11.7 Å². The molecule has 0 aromatic carbocycles. The summed E-state index contributed by atoms with van der Waals surface area (Å²) in [5.41, 5.74) is 0. The van der Waals surface area contributed by atoms with Crippen LogP contribution in [0.3, 0.4) is 0 Å². The number of carbonyl (C=O) groups excluding carboxylic acids is 1. The number of ether oxygens (including phenoxy) is 2. The van der Waals surface area contributed by atoms with Gasteiger partial charge in [0.05, 0.1) is 7.11 Å². The fourth-order valence-electron chi connectivity index (χ4n) is 4.22. The molecule has 0 spiro atoms. The summed E-state index contributed by atoms with van der Waals surface area (Å²) >= 11 is 0. The van der Waals surface area contributed by atoms with E-state index in [1.807, 2.05) is 0 Å². The van der Waals surface area contributed by atoms with Gasteiger partial charge < -0.3 is 9.47 Å². The van der Waals surface area contributed by atoms with Crippen LogP contribution in [0.5, 0.6) is 0 Å². The van der Waals surface area contributed by atoms with E-state index in [0.29, 0.717) is 0 Å². The molecule has 0 aromatic rings. The summed E-state index contributed by atoms with van der Waals surface area (Å²) < 4.78 is 9.83. The summed E-state index contributed by atoms with van der Waals surface area (Å²) in [6.45, 7) is 2.30. The van der Waals surface area contributed by atoms with Crippen molar-refractivity contribution in [2.45, 2.75) is 77.2 Å². The van der Waals surface area contributed by atoms with E-state index in [1.165, 1.54) is 58.5 Å². The molecule has 0 atom stereocenters. The molecule has 0 aromatic heterocycles. The molecule has 2 saturated carbocycles. The average molecular weight is 282 g/mol. The van der Waals surface area contributed by atoms with E-state index in [0.717, 1.165) is 30.6 Å². The molecule has 3 heteroatoms. The number of hydrogen-bond donors (Lipinski definition) is 0. The van der Waals surface area contributed by atoms with Crippen molar-refractivity contribution >= 4 is 6.16 Å². The van der Waals surface area contributed by atoms with Crippen LogP contribution in [0.1, 0.15) is 71.1 Å². The Hall–Kier alpha value is -0.730. The fourth-order valence-corrected chi connectivity index (χ4v) is 4.22. The van der Waals surface area contributed by atoms with Gasteiger partial charge in [0.25, 0.3) is 0 Å². The highest BCUT2D eigenvalue weighted by atomic mass is 16.7. The second-order valence-corrected chi connectivity index (χ2v) is 6.68. The van der Waals surface area contributed by atoms with E-state index in [-0.39, 0.29) is 6.10 Å². The highest BCUT2D eigenvalue weighted by Gasteiger charge is 2.31. The second kappa shape index (κ2) is 7.90. The van der Waals surface area contributed by atoms with Crippen LogP contribution in [0, 0.1) is 17.8 Å². The molecule has 0 unspecified atom stereocenters. The first kappa shape index (κ1) is 15.7. The van der Waals surface area contributed by atoms with Crippen molar-refractivity contribution in [2.24, 2.45) is 17.8 Å². The maximum absolute atomic E-state index is 11.1. The van der Waals surface area contributed by atoms with Gasteiger partial charge in [-0.05, 0) is 56.3 Å². The van der Waals surface area contributed by atoms with Crippen molar-refractivity contribution in [3.05, 3.63) is 0 Å². The summed E-state index contributed by atoms with van der Waals surface area (Å²) in [4.78, 5) is 11.1. The highest BCUT2D eigenvalue weighted by Crippen LogP contribution is 2.41. The third kappa shape index (κ3) is 4.39. The molecule has 3 nitrogen and oxygen atoms in total. The van der Waals surface area contributed by atoms with Crippen molar-refractivity contribution < 1.29 is 14.3 Å². The molecule has 0 N–H and O–H groups in total. The third-order valence-corrected chi connectivity index (χ3v) is 5.40. The molecule has 2 aliphatic rings. The lowest BCUT2D eigenvalue weighted by Gasteiger charge is -2.37. The molecule has 0 aliphatic heterocycles. The minimum atomic E-state index is -0.520. The van der Waals surface area contributed by atoms with Crippen molar-refractivity contribution in [2.75, 3.05) is 7.11 Å². The van der Waals surface area contributed by atoms with Crippen LogP contribution in [0.4, 0.5) is 4.79 Å². The van der Waals surface area contributed by atoms with E-state index in [9.17, 15) is 4.79 Å². The minimum absolute atomic E-state index is 0.0927. The Kier molecular flexibility index (Phi) is 6.18. The number of rotatable bonds is 4. The molecule has 2 aliphatic carbocycles. The molecule has 0 saturated heterocycles. The lowest BCUT2D eigenvalue weighted by atomic mass is 9.70. The van der Waals surface area contributed by atoms with E-state index >= 15 is 0 Å². The van der Waals surface area contributed by atoms with Gasteiger partial charge in [0.2, 0.25) is 0 Å². The minimum Gasteiger partial charge on any atom is -0.438 e. The summed E-state index contributed by atoms with van der Waals surface area (Å²) in [6.07, 6.45) is 12.6. The molecule has 2 fully saturated rings. The van der Waals surface area contributed by atoms with Gasteiger partial charge in [0.1, 0.15) is 6.10 Å². The summed E-state index contributed by atoms with van der Waals surface area (Å²) in [5, 5.41) is 0. The van der Waals surface area contributed by atoms with Gasteiger partial charge in [-0.3, -0.25) is 0 Å². The van der Waals surface area contributed by atoms with E-state index in [1.54, 1.807) is 0 Å². The molecule has 0 radical (unpaired) electrons. The van der Waals surface area contributed by atoms with Gasteiger partial charge in [-0.15, -0.1) is 0 Å². The van der Waals surface area contributed by atoms with E-state index in [4.69, 9.17) is 4.74 Å². The standard InChI is InChI=1S/C17H30O3/c1-3-4-13-5-7-14(8-6-13)15-9-11-16(12-10-15)20-17(18)19-2/h13-16H,3-12H2,1-2H3. The highest BCUT2D eigenvalue weighted by molar-refractivity contribution is 5.59. The first-order valence-electron chi connectivity index (χ1n) is 8.47. The molecule has 0 bridgehead atoms. The molecular weight excluding hydrogens is 252 g/mol. The summed E-state index contributed by atoms with van der Waals surface area (Å²) in [5.74, 6) is 2.80. The first-order valence-corrected chi connectivity index (χ1v) is 8.47. The predicted molar refractivity (Wildman–Crippen MR) is 79.6 cm³/mol. The third-order valence-electron chi connectivity index (χ3n) is 5.40. The maximum atomic E-state index is 11.1. The smallest absolute Gasteiger partial charge is 0.438 e. The number of methoxy groups -OCH3 is 1. The second-order valence-electron chi connectivity index (χ2n) is 6.68. The molecule has 2 rings (SSSR count). The lowest BCUT2D eigenvalue weighted by molar-refractivity contribution is 0.00913. The Labute approximate surface area is 123 Å². The van der Waals surface area contributed by atoms with Gasteiger partial charge in [0, 0.05) is 0 Å². The van der Waals surface area contributed by atoms with E-state index < -0.39 is 6.16 Å². The van der Waals surface area contributed by atoms with Gasteiger partial charge >= 0.3 is 6.16 Å². The van der Waals surface area contributed by atoms with Gasteiger partial charge in [0.15, 0.2) is 0 Å². The van der Waals surface area contributed by atoms with Crippen LogP contribution < -0.4 is 0 Å². The van der Waals surface area contributed by atoms with Crippen LogP contribution >= 0.6 is 0 Å². The topological polar surface area (TPSA) is 35.5 Å². The van der Waals surface area contributed by atoms with Crippen molar-refractivity contribution in [3.8, 4) is 0 Å². The summed E-state index contributed by atoms with van der Waals surface area (Å²) in [7, 11) is 1.38. The first-order chi connectivity index (χ1) is 9.72. The normalized spacial score (nSPS) is 34.5. The Bertz CT molecular complexity index is 287. The zero-order valence-corrected chi connectivity index (χ0v) is 13.1. The SMILES string of the molecule is CCCC1CCC(C2CCC(OC(=O)OC)CC2)CC1. The van der Waals surface area contributed by atoms with Gasteiger partial charge in [-0.2, -0.15) is 0 Å². The molecular formula is C17H30O3. The lowest BCUT2D eigenvalue weighted by Crippen LogP contribution is -2.29. The monoisotopic (exact) mass is 282 g/mol. The average Bonchev–Trinajstić information content (AvgIpc) is 2.49. The van der Waals surface area contributed by atoms with Crippen molar-refractivity contribution in [3.63, 3.8) is 0 Å². The Morgan fingerprint density at radius 2 is 1.50 bits per heavy atom.